The summed E-state index contributed by atoms with van der Waals surface area (Å²) in [5.74, 6) is 0. The molecule has 0 spiro atoms. The number of benzene rings is 1. The van der Waals surface area contributed by atoms with Gasteiger partial charge < -0.3 is 0 Å². The normalized spacial score (nSPS) is 11.0. The van der Waals surface area contributed by atoms with E-state index in [9.17, 15) is 0 Å². The molecule has 0 saturated heterocycles. The number of rotatable bonds is 4. The zero-order valence-electron chi connectivity index (χ0n) is 6.96. The van der Waals surface area contributed by atoms with Gasteiger partial charge in [-0.2, -0.15) is 0 Å². The van der Waals surface area contributed by atoms with E-state index in [1.807, 2.05) is 0 Å². The van der Waals surface area contributed by atoms with Gasteiger partial charge in [0.2, 0.25) is 0 Å². The Labute approximate surface area is 75.7 Å². The van der Waals surface area contributed by atoms with Crippen molar-refractivity contribution in [1.82, 2.24) is 0 Å². The molecule has 0 aliphatic carbocycles. The molecular weight excluding hydrogens is 195 g/mol. The summed E-state index contributed by atoms with van der Waals surface area (Å²) in [5.41, 5.74) is 0. The Kier molecular flexibility index (Phi) is 4.38. The average Bonchev–Trinajstić information content (AvgIpc) is 2.07. The van der Waals surface area contributed by atoms with E-state index in [2.05, 4.69) is 37.3 Å². The van der Waals surface area contributed by atoms with Gasteiger partial charge in [0, 0.05) is 0 Å². The second-order valence-electron chi connectivity index (χ2n) is 2.57. The van der Waals surface area contributed by atoms with E-state index in [4.69, 9.17) is 0 Å². The summed E-state index contributed by atoms with van der Waals surface area (Å²) in [6.45, 7) is 2.26. The molecule has 1 heteroatoms. The fourth-order valence-electron chi connectivity index (χ4n) is 0.900. The molecule has 0 amide bonds. The molecule has 0 heterocycles. The van der Waals surface area contributed by atoms with Crippen LogP contribution in [0.2, 0.25) is 5.21 Å². The molecule has 0 N–H and O–H groups in total. The third kappa shape index (κ3) is 3.62. The van der Waals surface area contributed by atoms with E-state index in [1.165, 1.54) is 18.1 Å². The van der Waals surface area contributed by atoms with Gasteiger partial charge in [0.1, 0.15) is 0 Å². The fourth-order valence-corrected chi connectivity index (χ4v) is 3.24. The van der Waals surface area contributed by atoms with Crippen molar-refractivity contribution in [3.8, 4) is 0 Å². The van der Waals surface area contributed by atoms with Crippen LogP contribution >= 0.6 is 0 Å². The molecule has 0 bridgehead atoms. The first-order valence-corrected chi connectivity index (χ1v) is 6.42. The Bertz CT molecular complexity index is 181. The molecule has 1 rings (SSSR count). The first kappa shape index (κ1) is 8.87. The van der Waals surface area contributed by atoms with Crippen LogP contribution < -0.4 is 4.35 Å². The second-order valence-corrected chi connectivity index (χ2v) is 5.26. The molecular formula is C10H14As. The van der Waals surface area contributed by atoms with Gasteiger partial charge in [0.15, 0.2) is 0 Å². The third-order valence-corrected chi connectivity index (χ3v) is 4.09. The van der Waals surface area contributed by atoms with Crippen molar-refractivity contribution in [2.24, 2.45) is 0 Å². The fraction of sp³-hybridized carbons (Fsp3) is 0.400. The molecule has 59 valence electrons. The van der Waals surface area contributed by atoms with Gasteiger partial charge in [-0.1, -0.05) is 0 Å². The summed E-state index contributed by atoms with van der Waals surface area (Å²) in [4.78, 5) is 0. The van der Waals surface area contributed by atoms with Crippen molar-refractivity contribution in [2.45, 2.75) is 25.0 Å². The predicted molar refractivity (Wildman–Crippen MR) is 51.5 cm³/mol. The predicted octanol–water partition coefficient (Wildman–Crippen LogP) is 2.23. The molecule has 0 fully saturated rings. The number of unbranched alkanes of at least 4 members (excludes halogenated alkanes) is 1. The van der Waals surface area contributed by atoms with Gasteiger partial charge in [0.05, 0.1) is 0 Å². The zero-order chi connectivity index (χ0) is 7.94. The van der Waals surface area contributed by atoms with Gasteiger partial charge in [-0.3, -0.25) is 0 Å². The molecule has 1 aromatic carbocycles. The van der Waals surface area contributed by atoms with Crippen LogP contribution in [-0.2, 0) is 0 Å². The van der Waals surface area contributed by atoms with Gasteiger partial charge >= 0.3 is 75.4 Å². The van der Waals surface area contributed by atoms with Crippen LogP contribution in [0.5, 0.6) is 0 Å². The van der Waals surface area contributed by atoms with Crippen molar-refractivity contribution in [3.63, 3.8) is 0 Å². The topological polar surface area (TPSA) is 0 Å². The number of hydrogen-bond donors (Lipinski definition) is 0. The summed E-state index contributed by atoms with van der Waals surface area (Å²) in [5, 5.41) is 1.43. The van der Waals surface area contributed by atoms with Crippen molar-refractivity contribution in [1.29, 1.82) is 0 Å². The van der Waals surface area contributed by atoms with Crippen molar-refractivity contribution < 1.29 is 0 Å². The van der Waals surface area contributed by atoms with Crippen LogP contribution in [0.15, 0.2) is 30.3 Å². The molecule has 11 heavy (non-hydrogen) atoms. The zero-order valence-corrected chi connectivity index (χ0v) is 8.83. The van der Waals surface area contributed by atoms with E-state index in [0.717, 1.165) is 0 Å². The summed E-state index contributed by atoms with van der Waals surface area (Å²) in [6, 6.07) is 10.9. The molecule has 0 aliphatic rings. The van der Waals surface area contributed by atoms with E-state index < -0.39 is 0 Å². The summed E-state index contributed by atoms with van der Waals surface area (Å²) in [7, 11) is 0. The van der Waals surface area contributed by atoms with Crippen LogP contribution in [0.3, 0.4) is 0 Å². The second kappa shape index (κ2) is 5.43. The van der Waals surface area contributed by atoms with Crippen molar-refractivity contribution in [2.75, 3.05) is 0 Å². The minimum absolute atomic E-state index is 0.457. The molecule has 0 atom stereocenters. The van der Waals surface area contributed by atoms with Crippen molar-refractivity contribution in [3.05, 3.63) is 30.3 Å². The maximum absolute atomic E-state index is 2.26. The van der Waals surface area contributed by atoms with Crippen LogP contribution in [-0.4, -0.2) is 15.8 Å². The Balaban J connectivity index is 2.28. The Morgan fingerprint density at radius 2 is 1.91 bits per heavy atom. The van der Waals surface area contributed by atoms with Gasteiger partial charge in [0.25, 0.3) is 0 Å². The van der Waals surface area contributed by atoms with E-state index in [0.29, 0.717) is 15.8 Å². The summed E-state index contributed by atoms with van der Waals surface area (Å²) < 4.78 is 1.57. The van der Waals surface area contributed by atoms with Crippen LogP contribution in [0, 0.1) is 0 Å². The molecule has 0 aromatic heterocycles. The van der Waals surface area contributed by atoms with Gasteiger partial charge in [-0.05, 0) is 0 Å². The van der Waals surface area contributed by atoms with E-state index >= 15 is 0 Å². The van der Waals surface area contributed by atoms with E-state index in [-0.39, 0.29) is 0 Å². The Morgan fingerprint density at radius 3 is 2.55 bits per heavy atom. The quantitative estimate of drug-likeness (QED) is 0.527. The molecule has 1 aromatic rings. The van der Waals surface area contributed by atoms with Crippen LogP contribution in [0.1, 0.15) is 19.8 Å². The first-order chi connectivity index (χ1) is 5.43. The van der Waals surface area contributed by atoms with Crippen molar-refractivity contribution >= 4 is 20.1 Å². The Morgan fingerprint density at radius 1 is 1.18 bits per heavy atom. The SMILES string of the molecule is CCCC[As]c1ccccc1. The van der Waals surface area contributed by atoms with Gasteiger partial charge in [-0.25, -0.2) is 0 Å². The maximum atomic E-state index is 2.26. The summed E-state index contributed by atoms with van der Waals surface area (Å²) in [6.07, 6.45) is 2.73. The van der Waals surface area contributed by atoms with Crippen LogP contribution in [0.25, 0.3) is 0 Å². The molecule has 0 aliphatic heterocycles. The molecule has 0 nitrogen and oxygen atoms in total. The first-order valence-electron chi connectivity index (χ1n) is 4.16. The Hall–Kier alpha value is -0.222. The van der Waals surface area contributed by atoms with Crippen LogP contribution in [0.4, 0.5) is 0 Å². The van der Waals surface area contributed by atoms with Gasteiger partial charge in [-0.15, -0.1) is 0 Å². The average molecular weight is 209 g/mol. The molecule has 1 radical (unpaired) electrons. The molecule has 0 unspecified atom stereocenters. The standard InChI is InChI=1S/C10H14As/c1-2-3-9-11-10-7-5-4-6-8-10/h4-8H,2-3,9H2,1H3. The monoisotopic (exact) mass is 209 g/mol. The third-order valence-electron chi connectivity index (χ3n) is 1.56. The van der Waals surface area contributed by atoms with E-state index in [1.54, 1.807) is 4.35 Å². The summed E-state index contributed by atoms with van der Waals surface area (Å²) >= 11 is 0.457. The molecule has 0 saturated carbocycles. The minimum atomic E-state index is 0.457. The number of hydrogen-bond acceptors (Lipinski definition) is 0.